The molecule has 0 aromatic carbocycles. The Labute approximate surface area is 77.6 Å². The van der Waals surface area contributed by atoms with Crippen molar-refractivity contribution in [1.82, 2.24) is 10.7 Å². The zero-order valence-corrected chi connectivity index (χ0v) is 7.95. The Balaban J connectivity index is 2.95. The first-order valence-corrected chi connectivity index (χ1v) is 4.03. The van der Waals surface area contributed by atoms with Crippen molar-refractivity contribution in [3.8, 4) is 0 Å². The van der Waals surface area contributed by atoms with E-state index in [1.807, 2.05) is 0 Å². The summed E-state index contributed by atoms with van der Waals surface area (Å²) in [7, 11) is 1.63. The van der Waals surface area contributed by atoms with Gasteiger partial charge in [-0.2, -0.15) is 0 Å². The Kier molecular flexibility index (Phi) is 8.35. The summed E-state index contributed by atoms with van der Waals surface area (Å²) in [6, 6.07) is 0. The zero-order chi connectivity index (χ0) is 9.23. The third kappa shape index (κ3) is 7.67. The van der Waals surface area contributed by atoms with Crippen LogP contribution in [0.2, 0.25) is 0 Å². The van der Waals surface area contributed by atoms with Crippen LogP contribution in [0.15, 0.2) is 0 Å². The summed E-state index contributed by atoms with van der Waals surface area (Å²) in [4.78, 5) is 0. The molecule has 0 aliphatic heterocycles. The molecular weight excluding hydrogens is 178 g/mol. The van der Waals surface area contributed by atoms with Gasteiger partial charge in [0.1, 0.15) is 0 Å². The van der Waals surface area contributed by atoms with Crippen molar-refractivity contribution in [2.75, 3.05) is 33.5 Å². The van der Waals surface area contributed by atoms with Crippen LogP contribution in [0.5, 0.6) is 0 Å². The molecule has 12 heavy (non-hydrogen) atoms. The van der Waals surface area contributed by atoms with Gasteiger partial charge in [-0.1, -0.05) is 0 Å². The average Bonchev–Trinajstić information content (AvgIpc) is 2.10. The number of hydrazine groups is 1. The lowest BCUT2D eigenvalue weighted by Gasteiger charge is -2.06. The van der Waals surface area contributed by atoms with Gasteiger partial charge in [0.25, 0.3) is 0 Å². The summed E-state index contributed by atoms with van der Waals surface area (Å²) in [5.41, 5.74) is 2.31. The maximum absolute atomic E-state index is 5.15. The quantitative estimate of drug-likeness (QED) is 0.217. The van der Waals surface area contributed by atoms with Crippen molar-refractivity contribution in [3.63, 3.8) is 0 Å². The third-order valence-electron chi connectivity index (χ3n) is 1.09. The van der Waals surface area contributed by atoms with E-state index in [1.54, 1.807) is 7.11 Å². The predicted molar refractivity (Wildman–Crippen MR) is 50.6 cm³/mol. The Bertz CT molecular complexity index is 123. The summed E-state index contributed by atoms with van der Waals surface area (Å²) >= 11 is 4.73. The number of nitrogens with two attached hydrogens (primary N) is 1. The Morgan fingerprint density at radius 2 is 2.17 bits per heavy atom. The van der Waals surface area contributed by atoms with Gasteiger partial charge in [-0.05, 0) is 12.2 Å². The van der Waals surface area contributed by atoms with Crippen LogP contribution >= 0.6 is 12.2 Å². The maximum Gasteiger partial charge on any atom is 0.180 e. The van der Waals surface area contributed by atoms with Crippen LogP contribution in [0.3, 0.4) is 0 Å². The van der Waals surface area contributed by atoms with Crippen molar-refractivity contribution in [3.05, 3.63) is 0 Å². The molecule has 0 spiro atoms. The lowest BCUT2D eigenvalue weighted by atomic mass is 10.6. The van der Waals surface area contributed by atoms with Gasteiger partial charge < -0.3 is 20.2 Å². The van der Waals surface area contributed by atoms with Gasteiger partial charge in [0.2, 0.25) is 0 Å². The van der Waals surface area contributed by atoms with Gasteiger partial charge >= 0.3 is 0 Å². The SMILES string of the molecule is COCCOCCNC(=S)NN. The smallest absolute Gasteiger partial charge is 0.180 e. The van der Waals surface area contributed by atoms with Gasteiger partial charge in [-0.25, -0.2) is 5.84 Å². The molecular formula is C6H15N3O2S. The monoisotopic (exact) mass is 193 g/mol. The van der Waals surface area contributed by atoms with Crippen molar-refractivity contribution < 1.29 is 9.47 Å². The van der Waals surface area contributed by atoms with E-state index in [0.29, 0.717) is 31.5 Å². The number of hydrogen-bond acceptors (Lipinski definition) is 4. The highest BCUT2D eigenvalue weighted by atomic mass is 32.1. The first kappa shape index (κ1) is 11.6. The van der Waals surface area contributed by atoms with Crippen LogP contribution in [-0.4, -0.2) is 38.6 Å². The lowest BCUT2D eigenvalue weighted by molar-refractivity contribution is 0.0734. The molecule has 0 saturated heterocycles. The summed E-state index contributed by atoms with van der Waals surface area (Å²) in [5.74, 6) is 5.02. The van der Waals surface area contributed by atoms with Crippen LogP contribution in [-0.2, 0) is 9.47 Å². The maximum atomic E-state index is 5.15. The summed E-state index contributed by atoms with van der Waals surface area (Å²) in [5, 5.41) is 3.26. The molecule has 0 fully saturated rings. The number of ether oxygens (including phenoxy) is 2. The molecule has 0 aliphatic carbocycles. The van der Waals surface area contributed by atoms with E-state index in [0.717, 1.165) is 0 Å². The fraction of sp³-hybridized carbons (Fsp3) is 0.833. The molecule has 0 aromatic heterocycles. The van der Waals surface area contributed by atoms with Gasteiger partial charge in [-0.15, -0.1) is 0 Å². The van der Waals surface area contributed by atoms with Crippen molar-refractivity contribution in [2.45, 2.75) is 0 Å². The average molecular weight is 193 g/mol. The zero-order valence-electron chi connectivity index (χ0n) is 7.13. The molecule has 0 rings (SSSR count). The molecule has 4 N–H and O–H groups in total. The molecule has 0 bridgehead atoms. The molecule has 0 saturated carbocycles. The fourth-order valence-electron chi connectivity index (χ4n) is 0.532. The van der Waals surface area contributed by atoms with E-state index >= 15 is 0 Å². The van der Waals surface area contributed by atoms with Crippen LogP contribution < -0.4 is 16.6 Å². The van der Waals surface area contributed by atoms with Crippen molar-refractivity contribution in [1.29, 1.82) is 0 Å². The van der Waals surface area contributed by atoms with E-state index in [2.05, 4.69) is 10.7 Å². The van der Waals surface area contributed by atoms with Gasteiger partial charge in [0.15, 0.2) is 5.11 Å². The number of hydrogen-bond donors (Lipinski definition) is 3. The van der Waals surface area contributed by atoms with Crippen molar-refractivity contribution >= 4 is 17.3 Å². The molecule has 6 heteroatoms. The summed E-state index contributed by atoms with van der Waals surface area (Å²) in [6.07, 6.45) is 0. The number of nitrogens with one attached hydrogen (secondary N) is 2. The predicted octanol–water partition coefficient (Wildman–Crippen LogP) is -1.01. The number of thiocarbonyl (C=S) groups is 1. The first-order chi connectivity index (χ1) is 5.81. The third-order valence-corrected chi connectivity index (χ3v) is 1.36. The molecule has 0 aromatic rings. The van der Waals surface area contributed by atoms with Crippen LogP contribution in [0, 0.1) is 0 Å². The minimum atomic E-state index is 0.422. The fourth-order valence-corrected chi connectivity index (χ4v) is 0.634. The minimum absolute atomic E-state index is 0.422. The topological polar surface area (TPSA) is 68.5 Å². The highest BCUT2D eigenvalue weighted by molar-refractivity contribution is 7.80. The summed E-state index contributed by atoms with van der Waals surface area (Å²) < 4.78 is 9.94. The molecule has 72 valence electrons. The Morgan fingerprint density at radius 1 is 1.42 bits per heavy atom. The van der Waals surface area contributed by atoms with E-state index in [9.17, 15) is 0 Å². The molecule has 0 aliphatic rings. The standard InChI is InChI=1S/C6H15N3O2S/c1-10-4-5-11-3-2-8-6(12)9-7/h2-5,7H2,1H3,(H2,8,9,12). The summed E-state index contributed by atoms with van der Waals surface area (Å²) in [6.45, 7) is 2.44. The molecule has 0 heterocycles. The second-order valence-electron chi connectivity index (χ2n) is 2.01. The highest BCUT2D eigenvalue weighted by Gasteiger charge is 1.90. The minimum Gasteiger partial charge on any atom is -0.382 e. The number of rotatable bonds is 6. The van der Waals surface area contributed by atoms with E-state index in [4.69, 9.17) is 27.5 Å². The van der Waals surface area contributed by atoms with Crippen LogP contribution in [0.4, 0.5) is 0 Å². The Hall–Kier alpha value is -0.430. The van der Waals surface area contributed by atoms with E-state index < -0.39 is 0 Å². The first-order valence-electron chi connectivity index (χ1n) is 3.62. The second kappa shape index (κ2) is 8.66. The lowest BCUT2D eigenvalue weighted by Crippen LogP contribution is -2.41. The highest BCUT2D eigenvalue weighted by Crippen LogP contribution is 1.74. The van der Waals surface area contributed by atoms with Gasteiger partial charge in [0.05, 0.1) is 19.8 Å². The molecule has 5 nitrogen and oxygen atoms in total. The molecule has 0 amide bonds. The van der Waals surface area contributed by atoms with Crippen LogP contribution in [0.25, 0.3) is 0 Å². The largest absolute Gasteiger partial charge is 0.382 e. The van der Waals surface area contributed by atoms with Crippen molar-refractivity contribution in [2.24, 2.45) is 5.84 Å². The van der Waals surface area contributed by atoms with E-state index in [1.165, 1.54) is 0 Å². The van der Waals surface area contributed by atoms with Gasteiger partial charge in [-0.3, -0.25) is 0 Å². The van der Waals surface area contributed by atoms with Crippen LogP contribution in [0.1, 0.15) is 0 Å². The normalized spacial score (nSPS) is 9.50. The Morgan fingerprint density at radius 3 is 2.75 bits per heavy atom. The van der Waals surface area contributed by atoms with Gasteiger partial charge in [0, 0.05) is 13.7 Å². The number of methoxy groups -OCH3 is 1. The van der Waals surface area contributed by atoms with E-state index in [-0.39, 0.29) is 0 Å². The molecule has 0 unspecified atom stereocenters. The second-order valence-corrected chi connectivity index (χ2v) is 2.41. The molecule has 0 atom stereocenters. The molecule has 0 radical (unpaired) electrons.